The second-order valence-corrected chi connectivity index (χ2v) is 7.51. The number of nitrogens with zero attached hydrogens (tertiary/aromatic N) is 2. The van der Waals surface area contributed by atoms with E-state index in [1.807, 2.05) is 30.3 Å². The quantitative estimate of drug-likeness (QED) is 0.709. The van der Waals surface area contributed by atoms with Crippen LogP contribution in [0.4, 0.5) is 10.8 Å². The van der Waals surface area contributed by atoms with Gasteiger partial charge in [-0.15, -0.1) is 0 Å². The number of halogens is 1. The maximum absolute atomic E-state index is 9.58. The van der Waals surface area contributed by atoms with Gasteiger partial charge in [0, 0.05) is 35.9 Å². The molecule has 1 fully saturated rings. The Morgan fingerprint density at radius 3 is 2.62 bits per heavy atom. The van der Waals surface area contributed by atoms with E-state index in [1.54, 1.807) is 23.5 Å². The van der Waals surface area contributed by atoms with E-state index in [0.717, 1.165) is 52.0 Å². The second-order valence-electron chi connectivity index (χ2n) is 6.06. The van der Waals surface area contributed by atoms with Crippen molar-refractivity contribution in [3.8, 4) is 5.75 Å². The maximum atomic E-state index is 9.58. The summed E-state index contributed by atoms with van der Waals surface area (Å²) in [5, 5.41) is 15.0. The molecule has 4 nitrogen and oxygen atoms in total. The van der Waals surface area contributed by atoms with Crippen LogP contribution in [0.25, 0.3) is 10.2 Å². The number of aromatic hydroxyl groups is 1. The second kappa shape index (κ2) is 6.49. The number of thiazole rings is 1. The molecule has 1 aromatic heterocycles. The third kappa shape index (κ3) is 3.28. The molecule has 0 unspecified atom stereocenters. The molecule has 0 radical (unpaired) electrons. The van der Waals surface area contributed by atoms with Crippen LogP contribution in [-0.4, -0.2) is 29.2 Å². The number of aromatic nitrogens is 1. The van der Waals surface area contributed by atoms with Crippen LogP contribution in [0.1, 0.15) is 12.8 Å². The number of fused-ring (bicyclic) bond motifs is 1. The van der Waals surface area contributed by atoms with E-state index >= 15 is 0 Å². The third-order valence-electron chi connectivity index (χ3n) is 4.34. The molecule has 1 aliphatic heterocycles. The van der Waals surface area contributed by atoms with E-state index in [2.05, 4.69) is 15.2 Å². The van der Waals surface area contributed by atoms with Crippen LogP contribution >= 0.6 is 22.9 Å². The lowest BCUT2D eigenvalue weighted by Gasteiger charge is -2.32. The van der Waals surface area contributed by atoms with Crippen molar-refractivity contribution in [2.24, 2.45) is 0 Å². The van der Waals surface area contributed by atoms with Gasteiger partial charge in [-0.1, -0.05) is 22.9 Å². The number of hydrogen-bond donors (Lipinski definition) is 2. The summed E-state index contributed by atoms with van der Waals surface area (Å²) in [5.74, 6) is 0.269. The van der Waals surface area contributed by atoms with E-state index in [1.165, 1.54) is 0 Å². The molecule has 0 saturated carbocycles. The molecular weight excluding hydrogens is 342 g/mol. The molecule has 0 amide bonds. The smallest absolute Gasteiger partial charge is 0.186 e. The first kappa shape index (κ1) is 15.5. The predicted molar refractivity (Wildman–Crippen MR) is 102 cm³/mol. The average molecular weight is 360 g/mol. The number of benzene rings is 2. The topological polar surface area (TPSA) is 48.4 Å². The fourth-order valence-electron chi connectivity index (χ4n) is 3.04. The van der Waals surface area contributed by atoms with Crippen LogP contribution in [0.3, 0.4) is 0 Å². The van der Waals surface area contributed by atoms with Crippen molar-refractivity contribution < 1.29 is 5.11 Å². The lowest BCUT2D eigenvalue weighted by Crippen LogP contribution is -2.39. The number of phenolic OH excluding ortho intramolecular Hbond substituents is 1. The zero-order valence-electron chi connectivity index (χ0n) is 13.1. The SMILES string of the molecule is Oc1ccc2sc(N3CCC(Nc4ccc(Cl)cc4)CC3)nc2c1. The zero-order chi connectivity index (χ0) is 16.5. The highest BCUT2D eigenvalue weighted by molar-refractivity contribution is 7.22. The first-order valence-corrected chi connectivity index (χ1v) is 9.23. The first-order valence-electron chi connectivity index (χ1n) is 8.04. The Labute approximate surface area is 149 Å². The van der Waals surface area contributed by atoms with Gasteiger partial charge in [-0.05, 0) is 49.2 Å². The fourth-order valence-corrected chi connectivity index (χ4v) is 4.16. The summed E-state index contributed by atoms with van der Waals surface area (Å²) in [7, 11) is 0. The molecule has 0 spiro atoms. The molecule has 2 heterocycles. The maximum Gasteiger partial charge on any atom is 0.186 e. The van der Waals surface area contributed by atoms with Gasteiger partial charge in [-0.2, -0.15) is 0 Å². The summed E-state index contributed by atoms with van der Waals surface area (Å²) in [4.78, 5) is 7.00. The van der Waals surface area contributed by atoms with Gasteiger partial charge in [-0.3, -0.25) is 0 Å². The summed E-state index contributed by atoms with van der Waals surface area (Å²) in [6.07, 6.45) is 2.15. The number of nitrogens with one attached hydrogen (secondary N) is 1. The average Bonchev–Trinajstić information content (AvgIpc) is 3.01. The molecule has 3 aromatic rings. The Morgan fingerprint density at radius 1 is 1.12 bits per heavy atom. The van der Waals surface area contributed by atoms with E-state index in [0.29, 0.717) is 6.04 Å². The number of rotatable bonds is 3. The highest BCUT2D eigenvalue weighted by atomic mass is 35.5. The van der Waals surface area contributed by atoms with Crippen molar-refractivity contribution in [1.29, 1.82) is 0 Å². The Hall–Kier alpha value is -1.98. The van der Waals surface area contributed by atoms with Gasteiger partial charge in [0.2, 0.25) is 0 Å². The molecule has 6 heteroatoms. The summed E-state index contributed by atoms with van der Waals surface area (Å²) in [5.41, 5.74) is 1.99. The largest absolute Gasteiger partial charge is 0.508 e. The molecule has 1 saturated heterocycles. The van der Waals surface area contributed by atoms with Crippen molar-refractivity contribution >= 4 is 44.0 Å². The van der Waals surface area contributed by atoms with Crippen molar-refractivity contribution in [1.82, 2.24) is 4.98 Å². The zero-order valence-corrected chi connectivity index (χ0v) is 14.6. The third-order valence-corrected chi connectivity index (χ3v) is 5.69. The van der Waals surface area contributed by atoms with E-state index < -0.39 is 0 Å². The minimum atomic E-state index is 0.269. The van der Waals surface area contributed by atoms with Gasteiger partial charge in [0.05, 0.1) is 10.2 Å². The monoisotopic (exact) mass is 359 g/mol. The highest BCUT2D eigenvalue weighted by Crippen LogP contribution is 2.32. The number of phenols is 1. The van der Waals surface area contributed by atoms with Crippen LogP contribution in [0.15, 0.2) is 42.5 Å². The summed E-state index contributed by atoms with van der Waals surface area (Å²) >= 11 is 7.62. The van der Waals surface area contributed by atoms with Crippen LogP contribution in [0.5, 0.6) is 5.75 Å². The van der Waals surface area contributed by atoms with Gasteiger partial charge < -0.3 is 15.3 Å². The number of piperidine rings is 1. The fraction of sp³-hybridized carbons (Fsp3) is 0.278. The van der Waals surface area contributed by atoms with E-state index in [-0.39, 0.29) is 5.75 Å². The molecule has 2 N–H and O–H groups in total. The normalized spacial score (nSPS) is 15.8. The van der Waals surface area contributed by atoms with Crippen LogP contribution in [-0.2, 0) is 0 Å². The lowest BCUT2D eigenvalue weighted by atomic mass is 10.1. The van der Waals surface area contributed by atoms with Gasteiger partial charge in [0.1, 0.15) is 5.75 Å². The molecule has 124 valence electrons. The highest BCUT2D eigenvalue weighted by Gasteiger charge is 2.21. The van der Waals surface area contributed by atoms with Crippen molar-refractivity contribution in [2.45, 2.75) is 18.9 Å². The molecule has 0 bridgehead atoms. The number of hydrogen-bond acceptors (Lipinski definition) is 5. The molecule has 0 atom stereocenters. The van der Waals surface area contributed by atoms with Crippen LogP contribution in [0.2, 0.25) is 5.02 Å². The standard InChI is InChI=1S/C18H18ClN3OS/c19-12-1-3-13(4-2-12)20-14-7-9-22(10-8-14)18-21-16-11-15(23)5-6-17(16)24-18/h1-6,11,14,20,23H,7-10H2. The lowest BCUT2D eigenvalue weighted by molar-refractivity contribution is 0.476. The molecule has 2 aromatic carbocycles. The van der Waals surface area contributed by atoms with Crippen LogP contribution < -0.4 is 10.2 Å². The molecule has 1 aliphatic rings. The summed E-state index contributed by atoms with van der Waals surface area (Å²) < 4.78 is 1.12. The van der Waals surface area contributed by atoms with Gasteiger partial charge in [0.25, 0.3) is 0 Å². The Bertz CT molecular complexity index is 841. The first-order chi connectivity index (χ1) is 11.7. The van der Waals surface area contributed by atoms with Gasteiger partial charge in [0.15, 0.2) is 5.13 Å². The van der Waals surface area contributed by atoms with Crippen molar-refractivity contribution in [3.63, 3.8) is 0 Å². The Balaban J connectivity index is 1.40. The minimum Gasteiger partial charge on any atom is -0.508 e. The molecular formula is C18H18ClN3OS. The summed E-state index contributed by atoms with van der Waals surface area (Å²) in [6.45, 7) is 1.97. The van der Waals surface area contributed by atoms with Gasteiger partial charge >= 0.3 is 0 Å². The molecule has 4 rings (SSSR count). The summed E-state index contributed by atoms with van der Waals surface area (Å²) in [6, 6.07) is 13.7. The Morgan fingerprint density at radius 2 is 1.88 bits per heavy atom. The van der Waals surface area contributed by atoms with E-state index in [9.17, 15) is 5.11 Å². The minimum absolute atomic E-state index is 0.269. The van der Waals surface area contributed by atoms with Gasteiger partial charge in [-0.25, -0.2) is 4.98 Å². The number of anilines is 2. The van der Waals surface area contributed by atoms with E-state index in [4.69, 9.17) is 11.6 Å². The van der Waals surface area contributed by atoms with Crippen molar-refractivity contribution in [2.75, 3.05) is 23.3 Å². The predicted octanol–water partition coefficient (Wildman–Crippen LogP) is 4.74. The van der Waals surface area contributed by atoms with Crippen LogP contribution in [0, 0.1) is 0 Å². The Kier molecular flexibility index (Phi) is 4.21. The molecule has 0 aliphatic carbocycles. The van der Waals surface area contributed by atoms with Crippen molar-refractivity contribution in [3.05, 3.63) is 47.5 Å². The molecule has 24 heavy (non-hydrogen) atoms.